The third-order valence-corrected chi connectivity index (χ3v) is 6.42. The quantitative estimate of drug-likeness (QED) is 0.298. The smallest absolute Gasteiger partial charge is 0.293 e. The van der Waals surface area contributed by atoms with Gasteiger partial charge in [-0.15, -0.1) is 0 Å². The lowest BCUT2D eigenvalue weighted by atomic mass is 10.1. The number of imide groups is 1. The van der Waals surface area contributed by atoms with Gasteiger partial charge in [-0.05, 0) is 65.7 Å². The molecule has 0 aromatic heterocycles. The summed E-state index contributed by atoms with van der Waals surface area (Å²) in [6.07, 6.45) is 1.65. The van der Waals surface area contributed by atoms with Crippen LogP contribution in [0.1, 0.15) is 23.6 Å². The number of rotatable bonds is 8. The van der Waals surface area contributed by atoms with Crippen molar-refractivity contribution in [2.24, 2.45) is 0 Å². The van der Waals surface area contributed by atoms with Crippen molar-refractivity contribution in [1.29, 1.82) is 0 Å². The first-order chi connectivity index (χ1) is 16.4. The third kappa shape index (κ3) is 5.76. The fraction of sp³-hybridized carbons (Fsp3) is 0.154. The molecule has 0 saturated carbocycles. The number of nitrogens with zero attached hydrogens (tertiary/aromatic N) is 1. The Hall–Kier alpha value is -2.93. The Morgan fingerprint density at radius 1 is 0.941 bits per heavy atom. The summed E-state index contributed by atoms with van der Waals surface area (Å²) < 4.78 is 11.7. The first-order valence-electron chi connectivity index (χ1n) is 10.6. The van der Waals surface area contributed by atoms with Gasteiger partial charge in [-0.25, -0.2) is 0 Å². The van der Waals surface area contributed by atoms with Crippen LogP contribution in [0, 0.1) is 0 Å². The fourth-order valence-electron chi connectivity index (χ4n) is 3.36. The van der Waals surface area contributed by atoms with E-state index in [1.807, 2.05) is 49.4 Å². The van der Waals surface area contributed by atoms with Crippen LogP contribution < -0.4 is 9.47 Å². The molecular formula is C26H21Cl2NO4S. The number of carbonyl (C=O) groups is 2. The number of halogens is 2. The highest BCUT2D eigenvalue weighted by Crippen LogP contribution is 2.39. The van der Waals surface area contributed by atoms with E-state index in [1.165, 1.54) is 4.90 Å². The van der Waals surface area contributed by atoms with Crippen LogP contribution in [0.25, 0.3) is 6.08 Å². The van der Waals surface area contributed by atoms with Gasteiger partial charge in [0.2, 0.25) is 0 Å². The molecule has 8 heteroatoms. The number of hydrogen-bond acceptors (Lipinski definition) is 5. The number of carbonyl (C=O) groups excluding carboxylic acids is 2. The summed E-state index contributed by atoms with van der Waals surface area (Å²) in [6.45, 7) is 2.78. The molecule has 0 bridgehead atoms. The van der Waals surface area contributed by atoms with Crippen LogP contribution >= 0.6 is 35.0 Å². The van der Waals surface area contributed by atoms with Gasteiger partial charge < -0.3 is 9.47 Å². The largest absolute Gasteiger partial charge is 0.490 e. The van der Waals surface area contributed by atoms with Crippen LogP contribution in [0.5, 0.6) is 11.5 Å². The molecule has 0 unspecified atom stereocenters. The SMILES string of the molecule is CCOc1cc(/C=C2\SC(=O)N(Cc3ccccc3)C2=O)cc(Cl)c1OCc1ccc(Cl)cc1. The molecule has 174 valence electrons. The van der Waals surface area contributed by atoms with E-state index in [4.69, 9.17) is 32.7 Å². The Labute approximate surface area is 212 Å². The molecule has 3 aromatic carbocycles. The average Bonchev–Trinajstić information content (AvgIpc) is 3.08. The van der Waals surface area contributed by atoms with Gasteiger partial charge in [-0.3, -0.25) is 14.5 Å². The second-order valence-corrected chi connectivity index (χ2v) is 9.27. The minimum atomic E-state index is -0.337. The van der Waals surface area contributed by atoms with Crippen molar-refractivity contribution in [3.8, 4) is 11.5 Å². The molecule has 34 heavy (non-hydrogen) atoms. The molecule has 1 saturated heterocycles. The van der Waals surface area contributed by atoms with Gasteiger partial charge in [-0.2, -0.15) is 0 Å². The molecule has 0 atom stereocenters. The molecule has 0 radical (unpaired) electrons. The van der Waals surface area contributed by atoms with E-state index in [2.05, 4.69) is 0 Å². The molecule has 0 N–H and O–H groups in total. The molecule has 0 spiro atoms. The van der Waals surface area contributed by atoms with Crippen molar-refractivity contribution in [1.82, 2.24) is 4.90 Å². The maximum atomic E-state index is 12.9. The molecule has 0 aliphatic carbocycles. The molecule has 1 aliphatic heterocycles. The minimum Gasteiger partial charge on any atom is -0.490 e. The van der Waals surface area contributed by atoms with Crippen LogP contribution in [0.2, 0.25) is 10.0 Å². The van der Waals surface area contributed by atoms with Crippen molar-refractivity contribution < 1.29 is 19.1 Å². The van der Waals surface area contributed by atoms with E-state index < -0.39 is 0 Å². The number of thioether (sulfide) groups is 1. The third-order valence-electron chi connectivity index (χ3n) is 4.98. The van der Waals surface area contributed by atoms with Crippen molar-refractivity contribution in [2.45, 2.75) is 20.1 Å². The highest BCUT2D eigenvalue weighted by atomic mass is 35.5. The highest BCUT2D eigenvalue weighted by Gasteiger charge is 2.35. The first-order valence-corrected chi connectivity index (χ1v) is 12.1. The minimum absolute atomic E-state index is 0.227. The van der Waals surface area contributed by atoms with E-state index in [1.54, 1.807) is 30.3 Å². The van der Waals surface area contributed by atoms with Crippen LogP contribution in [-0.2, 0) is 17.9 Å². The average molecular weight is 514 g/mol. The summed E-state index contributed by atoms with van der Waals surface area (Å²) in [5.74, 6) is 0.530. The summed E-state index contributed by atoms with van der Waals surface area (Å²) >= 11 is 13.4. The first kappa shape index (κ1) is 24.2. The lowest BCUT2D eigenvalue weighted by Crippen LogP contribution is -2.27. The van der Waals surface area contributed by atoms with E-state index >= 15 is 0 Å². The van der Waals surface area contributed by atoms with Gasteiger partial charge in [0.25, 0.3) is 11.1 Å². The summed E-state index contributed by atoms with van der Waals surface area (Å²) in [5, 5.41) is 0.683. The van der Waals surface area contributed by atoms with Crippen molar-refractivity contribution in [3.05, 3.63) is 98.4 Å². The zero-order valence-corrected chi connectivity index (χ0v) is 20.6. The van der Waals surface area contributed by atoms with E-state index in [0.717, 1.165) is 22.9 Å². The molecule has 1 aliphatic rings. The van der Waals surface area contributed by atoms with E-state index in [0.29, 0.717) is 38.6 Å². The van der Waals surface area contributed by atoms with Gasteiger partial charge >= 0.3 is 0 Å². The standard InChI is InChI=1S/C26H21Cl2NO4S/c1-2-32-22-13-19(12-21(28)24(22)33-16-18-8-10-20(27)11-9-18)14-23-25(30)29(26(31)34-23)15-17-6-4-3-5-7-17/h3-14H,2,15-16H2,1H3/b23-14-. The van der Waals surface area contributed by atoms with Crippen LogP contribution in [0.3, 0.4) is 0 Å². The molecule has 4 rings (SSSR count). The summed E-state index contributed by atoms with van der Waals surface area (Å²) in [4.78, 5) is 26.9. The number of ether oxygens (including phenoxy) is 2. The number of benzene rings is 3. The topological polar surface area (TPSA) is 55.8 Å². The van der Waals surface area contributed by atoms with Gasteiger partial charge in [0, 0.05) is 5.02 Å². The maximum absolute atomic E-state index is 12.9. The molecule has 5 nitrogen and oxygen atoms in total. The number of amides is 2. The van der Waals surface area contributed by atoms with Gasteiger partial charge in [-0.1, -0.05) is 65.7 Å². The molecule has 3 aromatic rings. The Kier molecular flexibility index (Phi) is 7.83. The summed E-state index contributed by atoms with van der Waals surface area (Å²) in [6, 6.07) is 20.2. The Bertz CT molecular complexity index is 1230. The van der Waals surface area contributed by atoms with Crippen LogP contribution in [0.15, 0.2) is 71.6 Å². The van der Waals surface area contributed by atoms with Gasteiger partial charge in [0.1, 0.15) is 6.61 Å². The summed E-state index contributed by atoms with van der Waals surface area (Å²) in [7, 11) is 0. The molecule has 1 fully saturated rings. The monoisotopic (exact) mass is 513 g/mol. The van der Waals surface area contributed by atoms with Crippen LogP contribution in [-0.4, -0.2) is 22.7 Å². The number of hydrogen-bond donors (Lipinski definition) is 0. The zero-order valence-electron chi connectivity index (χ0n) is 18.3. The second-order valence-electron chi connectivity index (χ2n) is 7.43. The second kappa shape index (κ2) is 11.0. The van der Waals surface area contributed by atoms with Crippen molar-refractivity contribution in [3.63, 3.8) is 0 Å². The fourth-order valence-corrected chi connectivity index (χ4v) is 4.60. The predicted molar refractivity (Wildman–Crippen MR) is 136 cm³/mol. The lowest BCUT2D eigenvalue weighted by molar-refractivity contribution is -0.123. The molecular weight excluding hydrogens is 493 g/mol. The molecule has 2 amide bonds. The Morgan fingerprint density at radius 2 is 1.68 bits per heavy atom. The van der Waals surface area contributed by atoms with Gasteiger partial charge in [0.05, 0.1) is 23.1 Å². The maximum Gasteiger partial charge on any atom is 0.293 e. The Morgan fingerprint density at radius 3 is 2.38 bits per heavy atom. The zero-order chi connectivity index (χ0) is 24.1. The predicted octanol–water partition coefficient (Wildman–Crippen LogP) is 7.21. The normalized spacial score (nSPS) is 14.7. The van der Waals surface area contributed by atoms with E-state index in [-0.39, 0.29) is 24.3 Å². The van der Waals surface area contributed by atoms with Crippen LogP contribution in [0.4, 0.5) is 4.79 Å². The van der Waals surface area contributed by atoms with Crippen molar-refractivity contribution in [2.75, 3.05) is 6.61 Å². The lowest BCUT2D eigenvalue weighted by Gasteiger charge is -2.15. The molecule has 1 heterocycles. The van der Waals surface area contributed by atoms with Gasteiger partial charge in [0.15, 0.2) is 11.5 Å². The highest BCUT2D eigenvalue weighted by molar-refractivity contribution is 8.18. The van der Waals surface area contributed by atoms with E-state index in [9.17, 15) is 9.59 Å². The Balaban J connectivity index is 1.55. The van der Waals surface area contributed by atoms with Crippen molar-refractivity contribution >= 4 is 52.2 Å². The summed E-state index contributed by atoms with van der Waals surface area (Å²) in [5.41, 5.74) is 2.45.